The lowest BCUT2D eigenvalue weighted by atomic mass is 10.1. The molecule has 0 saturated carbocycles. The third-order valence-corrected chi connectivity index (χ3v) is 4.92. The summed E-state index contributed by atoms with van der Waals surface area (Å²) in [6.07, 6.45) is 5.45. The second-order valence-electron chi connectivity index (χ2n) is 6.06. The van der Waals surface area contributed by atoms with Crippen LogP contribution in [0, 0.1) is 0 Å². The summed E-state index contributed by atoms with van der Waals surface area (Å²) in [5, 5.41) is 5.16. The van der Waals surface area contributed by atoms with Gasteiger partial charge in [-0.1, -0.05) is 46.3 Å². The average Bonchev–Trinajstić information content (AvgIpc) is 3.15. The summed E-state index contributed by atoms with van der Waals surface area (Å²) in [7, 11) is 0. The van der Waals surface area contributed by atoms with Crippen molar-refractivity contribution in [2.45, 2.75) is 6.54 Å². The number of benzene rings is 3. The van der Waals surface area contributed by atoms with Crippen LogP contribution in [0.5, 0.6) is 0 Å². The van der Waals surface area contributed by atoms with E-state index < -0.39 is 0 Å². The summed E-state index contributed by atoms with van der Waals surface area (Å²) in [6, 6.07) is 19.5. The van der Waals surface area contributed by atoms with E-state index in [1.807, 2.05) is 71.4 Å². The van der Waals surface area contributed by atoms with Crippen LogP contribution in [0.1, 0.15) is 15.9 Å². The summed E-state index contributed by atoms with van der Waals surface area (Å²) in [4.78, 5) is 16.5. The van der Waals surface area contributed by atoms with Crippen LogP contribution in [0.4, 0.5) is 5.69 Å². The fourth-order valence-corrected chi connectivity index (χ4v) is 3.39. The highest BCUT2D eigenvalue weighted by Gasteiger charge is 2.07. The SMILES string of the molecule is O=C(Nc1ccc2c(Br)cccc2c1)c1ccc(Cn2ccnc2)cc1. The second-order valence-corrected chi connectivity index (χ2v) is 6.92. The van der Waals surface area contributed by atoms with E-state index in [0.29, 0.717) is 5.56 Å². The van der Waals surface area contributed by atoms with E-state index in [2.05, 4.69) is 26.2 Å². The number of carbonyl (C=O) groups is 1. The van der Waals surface area contributed by atoms with Gasteiger partial charge in [0.2, 0.25) is 0 Å². The van der Waals surface area contributed by atoms with Gasteiger partial charge in [0.1, 0.15) is 0 Å². The Bertz CT molecular complexity index is 1060. The monoisotopic (exact) mass is 405 g/mol. The van der Waals surface area contributed by atoms with Crippen LogP contribution in [0.15, 0.2) is 83.9 Å². The van der Waals surface area contributed by atoms with E-state index in [-0.39, 0.29) is 5.91 Å². The topological polar surface area (TPSA) is 46.9 Å². The number of hydrogen-bond acceptors (Lipinski definition) is 2. The standard InChI is InChI=1S/C21H16BrN3O/c22-20-3-1-2-17-12-18(8-9-19(17)20)24-21(26)16-6-4-15(5-7-16)13-25-11-10-23-14-25/h1-12,14H,13H2,(H,24,26). The number of hydrogen-bond donors (Lipinski definition) is 1. The number of imidazole rings is 1. The van der Waals surface area contributed by atoms with Crippen LogP contribution in [0.25, 0.3) is 10.8 Å². The minimum atomic E-state index is -0.117. The molecule has 1 N–H and O–H groups in total. The van der Waals surface area contributed by atoms with E-state index in [9.17, 15) is 4.79 Å². The van der Waals surface area contributed by atoms with E-state index >= 15 is 0 Å². The highest BCUT2D eigenvalue weighted by Crippen LogP contribution is 2.26. The third kappa shape index (κ3) is 3.53. The van der Waals surface area contributed by atoms with Gasteiger partial charge in [-0.3, -0.25) is 4.79 Å². The Morgan fingerprint density at radius 1 is 1.08 bits per heavy atom. The van der Waals surface area contributed by atoms with Crippen molar-refractivity contribution in [1.29, 1.82) is 0 Å². The van der Waals surface area contributed by atoms with Crippen LogP contribution >= 0.6 is 15.9 Å². The smallest absolute Gasteiger partial charge is 0.255 e. The number of carbonyl (C=O) groups excluding carboxylic acids is 1. The fraction of sp³-hybridized carbons (Fsp3) is 0.0476. The summed E-state index contributed by atoms with van der Waals surface area (Å²) in [5.41, 5.74) is 2.53. The number of halogens is 1. The Hall–Kier alpha value is -2.92. The molecule has 26 heavy (non-hydrogen) atoms. The molecule has 4 nitrogen and oxygen atoms in total. The lowest BCUT2D eigenvalue weighted by molar-refractivity contribution is 0.102. The maximum atomic E-state index is 12.5. The number of nitrogens with one attached hydrogen (secondary N) is 1. The van der Waals surface area contributed by atoms with E-state index in [1.165, 1.54) is 0 Å². The van der Waals surface area contributed by atoms with Crippen molar-refractivity contribution in [3.63, 3.8) is 0 Å². The molecule has 0 atom stereocenters. The lowest BCUT2D eigenvalue weighted by Crippen LogP contribution is -2.12. The van der Waals surface area contributed by atoms with Crippen molar-refractivity contribution in [2.75, 3.05) is 5.32 Å². The molecule has 1 aromatic heterocycles. The number of anilines is 1. The Kier molecular flexibility index (Phi) is 4.54. The molecule has 5 heteroatoms. The second kappa shape index (κ2) is 7.14. The first kappa shape index (κ1) is 16.5. The first-order valence-electron chi connectivity index (χ1n) is 8.23. The Balaban J connectivity index is 1.49. The number of nitrogens with zero attached hydrogens (tertiary/aromatic N) is 2. The zero-order valence-electron chi connectivity index (χ0n) is 13.9. The van der Waals surface area contributed by atoms with Gasteiger partial charge in [0.25, 0.3) is 5.91 Å². The van der Waals surface area contributed by atoms with Gasteiger partial charge in [-0.05, 0) is 46.7 Å². The van der Waals surface area contributed by atoms with Gasteiger partial charge in [0.15, 0.2) is 0 Å². The molecule has 0 radical (unpaired) electrons. The summed E-state index contributed by atoms with van der Waals surface area (Å²) < 4.78 is 3.03. The van der Waals surface area contributed by atoms with E-state index in [0.717, 1.165) is 33.0 Å². The number of rotatable bonds is 4. The molecule has 0 fully saturated rings. The molecular weight excluding hydrogens is 390 g/mol. The zero-order valence-corrected chi connectivity index (χ0v) is 15.5. The molecule has 0 bridgehead atoms. The van der Waals surface area contributed by atoms with Gasteiger partial charge in [0, 0.05) is 34.7 Å². The van der Waals surface area contributed by atoms with Gasteiger partial charge in [-0.15, -0.1) is 0 Å². The highest BCUT2D eigenvalue weighted by molar-refractivity contribution is 9.10. The molecule has 0 unspecified atom stereocenters. The highest BCUT2D eigenvalue weighted by atomic mass is 79.9. The molecule has 0 aliphatic carbocycles. The Morgan fingerprint density at radius 3 is 2.69 bits per heavy atom. The van der Waals surface area contributed by atoms with Gasteiger partial charge >= 0.3 is 0 Å². The van der Waals surface area contributed by atoms with Crippen LogP contribution in [-0.2, 0) is 6.54 Å². The molecule has 3 aromatic carbocycles. The van der Waals surface area contributed by atoms with Crippen molar-refractivity contribution >= 4 is 38.3 Å². The van der Waals surface area contributed by atoms with Crippen LogP contribution < -0.4 is 5.32 Å². The first-order chi connectivity index (χ1) is 12.7. The quantitative estimate of drug-likeness (QED) is 0.513. The molecule has 0 saturated heterocycles. The van der Waals surface area contributed by atoms with Crippen molar-refractivity contribution in [3.8, 4) is 0 Å². The summed E-state index contributed by atoms with van der Waals surface area (Å²) >= 11 is 3.54. The van der Waals surface area contributed by atoms with E-state index in [4.69, 9.17) is 0 Å². The maximum absolute atomic E-state index is 12.5. The molecule has 0 aliphatic heterocycles. The van der Waals surface area contributed by atoms with Gasteiger partial charge < -0.3 is 9.88 Å². The van der Waals surface area contributed by atoms with Gasteiger partial charge in [-0.25, -0.2) is 4.98 Å². The normalized spacial score (nSPS) is 10.8. The Labute approximate surface area is 159 Å². The number of aromatic nitrogens is 2. The number of fused-ring (bicyclic) bond motifs is 1. The molecule has 0 spiro atoms. The largest absolute Gasteiger partial charge is 0.333 e. The summed E-state index contributed by atoms with van der Waals surface area (Å²) in [6.45, 7) is 0.738. The minimum absolute atomic E-state index is 0.117. The molecular formula is C21H16BrN3O. The fourth-order valence-electron chi connectivity index (χ4n) is 2.88. The first-order valence-corrected chi connectivity index (χ1v) is 9.03. The number of amides is 1. The third-order valence-electron chi connectivity index (χ3n) is 4.23. The summed E-state index contributed by atoms with van der Waals surface area (Å²) in [5.74, 6) is -0.117. The van der Waals surface area contributed by atoms with Crippen LogP contribution in [-0.4, -0.2) is 15.5 Å². The van der Waals surface area contributed by atoms with E-state index in [1.54, 1.807) is 12.5 Å². The molecule has 0 aliphatic rings. The zero-order chi connectivity index (χ0) is 17.9. The van der Waals surface area contributed by atoms with Gasteiger partial charge in [0.05, 0.1) is 6.33 Å². The predicted molar refractivity (Wildman–Crippen MR) is 107 cm³/mol. The Morgan fingerprint density at radius 2 is 1.92 bits per heavy atom. The van der Waals surface area contributed by atoms with Crippen molar-refractivity contribution < 1.29 is 4.79 Å². The van der Waals surface area contributed by atoms with Crippen molar-refractivity contribution in [1.82, 2.24) is 9.55 Å². The maximum Gasteiger partial charge on any atom is 0.255 e. The lowest BCUT2D eigenvalue weighted by Gasteiger charge is -2.08. The van der Waals surface area contributed by atoms with Crippen molar-refractivity contribution in [2.24, 2.45) is 0 Å². The minimum Gasteiger partial charge on any atom is -0.333 e. The molecule has 4 aromatic rings. The van der Waals surface area contributed by atoms with Crippen LogP contribution in [0.2, 0.25) is 0 Å². The average molecular weight is 406 g/mol. The molecule has 1 heterocycles. The molecule has 1 amide bonds. The molecule has 4 rings (SSSR count). The predicted octanol–water partition coefficient (Wildman–Crippen LogP) is 5.10. The van der Waals surface area contributed by atoms with Crippen molar-refractivity contribution in [3.05, 3.63) is 95.0 Å². The van der Waals surface area contributed by atoms with Gasteiger partial charge in [-0.2, -0.15) is 0 Å². The molecule has 128 valence electrons. The van der Waals surface area contributed by atoms with Crippen LogP contribution in [0.3, 0.4) is 0 Å².